The number of fused-ring (bicyclic) bond motifs is 5. The monoisotopic (exact) mass is 196 g/mol. The largest absolute Gasteiger partial charge is 0.481 e. The normalized spacial score (nSPS) is 29.9. The summed E-state index contributed by atoms with van der Waals surface area (Å²) in [7, 11) is 0. The van der Waals surface area contributed by atoms with Crippen LogP contribution in [0, 0.1) is 0 Å². The number of hydrogen-bond donors (Lipinski definition) is 0. The Morgan fingerprint density at radius 2 is 2.07 bits per heavy atom. The fourth-order valence-electron chi connectivity index (χ4n) is 2.02. The lowest BCUT2D eigenvalue weighted by atomic mass is 10.0. The van der Waals surface area contributed by atoms with Gasteiger partial charge in [-0.1, -0.05) is 42.5 Å². The molecular formula is C14H12O. The zero-order valence-electron chi connectivity index (χ0n) is 8.39. The van der Waals surface area contributed by atoms with Crippen molar-refractivity contribution in [2.45, 2.75) is 12.5 Å². The van der Waals surface area contributed by atoms with Gasteiger partial charge in [0.05, 0.1) is 0 Å². The average Bonchev–Trinajstić information content (AvgIpc) is 2.68. The number of benzene rings is 1. The Bertz CT molecular complexity index is 466. The van der Waals surface area contributed by atoms with Crippen LogP contribution in [-0.4, -0.2) is 0 Å². The summed E-state index contributed by atoms with van der Waals surface area (Å²) in [6.45, 7) is 0. The third kappa shape index (κ3) is 1.40. The second kappa shape index (κ2) is 3.43. The van der Waals surface area contributed by atoms with Crippen molar-refractivity contribution in [1.29, 1.82) is 0 Å². The first-order chi connectivity index (χ1) is 7.45. The first kappa shape index (κ1) is 8.54. The van der Waals surface area contributed by atoms with Gasteiger partial charge in [-0.15, -0.1) is 0 Å². The van der Waals surface area contributed by atoms with E-state index in [1.54, 1.807) is 0 Å². The lowest BCUT2D eigenvalue weighted by molar-refractivity contribution is 0.236. The lowest BCUT2D eigenvalue weighted by Crippen LogP contribution is -1.89. The van der Waals surface area contributed by atoms with Gasteiger partial charge >= 0.3 is 0 Å². The van der Waals surface area contributed by atoms with Crippen LogP contribution < -0.4 is 0 Å². The van der Waals surface area contributed by atoms with E-state index in [0.29, 0.717) is 0 Å². The van der Waals surface area contributed by atoms with Crippen LogP contribution in [0.2, 0.25) is 0 Å². The van der Waals surface area contributed by atoms with E-state index >= 15 is 0 Å². The summed E-state index contributed by atoms with van der Waals surface area (Å²) >= 11 is 0. The lowest BCUT2D eigenvalue weighted by Gasteiger charge is -2.05. The molecular weight excluding hydrogens is 184 g/mol. The summed E-state index contributed by atoms with van der Waals surface area (Å²) < 4.78 is 5.88. The molecule has 74 valence electrons. The van der Waals surface area contributed by atoms with Crippen LogP contribution in [0.15, 0.2) is 54.6 Å². The highest BCUT2D eigenvalue weighted by atomic mass is 16.5. The molecule has 2 bridgehead atoms. The molecule has 1 heteroatoms. The molecule has 0 aromatic heterocycles. The molecule has 0 N–H and O–H groups in total. The van der Waals surface area contributed by atoms with Crippen LogP contribution in [0.25, 0.3) is 5.76 Å². The minimum Gasteiger partial charge on any atom is -0.481 e. The van der Waals surface area contributed by atoms with E-state index in [9.17, 15) is 0 Å². The number of allylic oxidation sites excluding steroid dienone is 4. The average molecular weight is 196 g/mol. The van der Waals surface area contributed by atoms with Gasteiger partial charge in [-0.05, 0) is 18.6 Å². The molecule has 0 saturated heterocycles. The van der Waals surface area contributed by atoms with Gasteiger partial charge in [0.25, 0.3) is 0 Å². The maximum Gasteiger partial charge on any atom is 0.143 e. The van der Waals surface area contributed by atoms with Crippen LogP contribution in [0.3, 0.4) is 0 Å². The van der Waals surface area contributed by atoms with E-state index in [1.165, 1.54) is 11.1 Å². The molecule has 2 aliphatic heterocycles. The second-order valence-corrected chi connectivity index (χ2v) is 3.75. The molecule has 0 radical (unpaired) electrons. The highest BCUT2D eigenvalue weighted by molar-refractivity contribution is 5.69. The van der Waals surface area contributed by atoms with Crippen LogP contribution in [0.4, 0.5) is 0 Å². The Kier molecular flexibility index (Phi) is 1.95. The molecule has 15 heavy (non-hydrogen) atoms. The summed E-state index contributed by atoms with van der Waals surface area (Å²) in [5, 5.41) is 0. The molecule has 0 aliphatic carbocycles. The van der Waals surface area contributed by atoms with Crippen molar-refractivity contribution >= 4 is 5.76 Å². The summed E-state index contributed by atoms with van der Waals surface area (Å²) in [6.07, 6.45) is 11.6. The Morgan fingerprint density at radius 1 is 1.13 bits per heavy atom. The van der Waals surface area contributed by atoms with Crippen LogP contribution in [0.1, 0.15) is 23.7 Å². The van der Waals surface area contributed by atoms with E-state index in [2.05, 4.69) is 48.6 Å². The molecule has 1 aromatic rings. The van der Waals surface area contributed by atoms with Gasteiger partial charge in [-0.3, -0.25) is 0 Å². The summed E-state index contributed by atoms with van der Waals surface area (Å²) in [5.74, 6) is 0.985. The highest BCUT2D eigenvalue weighted by Crippen LogP contribution is 2.39. The van der Waals surface area contributed by atoms with Gasteiger partial charge in [0, 0.05) is 11.1 Å². The van der Waals surface area contributed by atoms with Gasteiger partial charge in [0.15, 0.2) is 0 Å². The number of hydrogen-bond acceptors (Lipinski definition) is 1. The Hall–Kier alpha value is -1.76. The molecule has 0 amide bonds. The SMILES string of the molecule is C1=C\C/C=C\C2O\C(=C/1)c1ccccc12. The fraction of sp³-hybridized carbons (Fsp3) is 0.143. The zero-order valence-corrected chi connectivity index (χ0v) is 8.39. The molecule has 1 aromatic carbocycles. The van der Waals surface area contributed by atoms with Crippen LogP contribution in [0.5, 0.6) is 0 Å². The van der Waals surface area contributed by atoms with Gasteiger partial charge in [0.2, 0.25) is 0 Å². The molecule has 2 heterocycles. The topological polar surface area (TPSA) is 9.23 Å². The van der Waals surface area contributed by atoms with E-state index in [-0.39, 0.29) is 6.10 Å². The van der Waals surface area contributed by atoms with E-state index in [1.807, 2.05) is 6.08 Å². The van der Waals surface area contributed by atoms with Crippen molar-refractivity contribution < 1.29 is 4.74 Å². The van der Waals surface area contributed by atoms with E-state index in [0.717, 1.165) is 12.2 Å². The van der Waals surface area contributed by atoms with Crippen LogP contribution in [-0.2, 0) is 4.74 Å². The molecule has 3 rings (SSSR count). The van der Waals surface area contributed by atoms with Gasteiger partial charge in [-0.25, -0.2) is 0 Å². The highest BCUT2D eigenvalue weighted by Gasteiger charge is 2.25. The quantitative estimate of drug-likeness (QED) is 0.576. The Morgan fingerprint density at radius 3 is 3.07 bits per heavy atom. The number of ether oxygens (including phenoxy) is 1. The first-order valence-electron chi connectivity index (χ1n) is 5.24. The summed E-state index contributed by atoms with van der Waals surface area (Å²) in [5.41, 5.74) is 2.49. The minimum absolute atomic E-state index is 0.104. The summed E-state index contributed by atoms with van der Waals surface area (Å²) in [4.78, 5) is 0. The number of rotatable bonds is 0. The standard InChI is InChI=1S/C14H12O/c1-2-4-10-14-12-8-6-5-7-11(12)13(15-14)9-3-1/h1,3-10,14H,2H2/b3-1-,10-4-,13-9-. The minimum atomic E-state index is 0.104. The molecule has 0 spiro atoms. The molecule has 1 nitrogen and oxygen atoms in total. The predicted molar refractivity (Wildman–Crippen MR) is 61.1 cm³/mol. The zero-order chi connectivity index (χ0) is 10.1. The molecule has 1 atom stereocenters. The van der Waals surface area contributed by atoms with Crippen molar-refractivity contribution in [2.75, 3.05) is 0 Å². The maximum absolute atomic E-state index is 5.88. The predicted octanol–water partition coefficient (Wildman–Crippen LogP) is 3.61. The van der Waals surface area contributed by atoms with E-state index in [4.69, 9.17) is 4.74 Å². The van der Waals surface area contributed by atoms with Crippen molar-refractivity contribution in [1.82, 2.24) is 0 Å². The Balaban J connectivity index is 2.18. The third-order valence-electron chi connectivity index (χ3n) is 2.75. The molecule has 2 aliphatic rings. The van der Waals surface area contributed by atoms with Gasteiger partial charge in [-0.2, -0.15) is 0 Å². The van der Waals surface area contributed by atoms with Gasteiger partial charge in [0.1, 0.15) is 11.9 Å². The van der Waals surface area contributed by atoms with E-state index < -0.39 is 0 Å². The molecule has 0 saturated carbocycles. The van der Waals surface area contributed by atoms with Crippen molar-refractivity contribution in [3.05, 3.63) is 65.8 Å². The van der Waals surface area contributed by atoms with Crippen LogP contribution >= 0.6 is 0 Å². The third-order valence-corrected chi connectivity index (χ3v) is 2.75. The smallest absolute Gasteiger partial charge is 0.143 e. The van der Waals surface area contributed by atoms with Gasteiger partial charge < -0.3 is 4.74 Å². The maximum atomic E-state index is 5.88. The Labute approximate surface area is 89.4 Å². The van der Waals surface area contributed by atoms with Crippen molar-refractivity contribution in [3.63, 3.8) is 0 Å². The summed E-state index contributed by atoms with van der Waals surface area (Å²) in [6, 6.07) is 8.37. The molecule has 1 unspecified atom stereocenters. The van der Waals surface area contributed by atoms with Crippen molar-refractivity contribution in [2.24, 2.45) is 0 Å². The molecule has 0 fully saturated rings. The second-order valence-electron chi connectivity index (χ2n) is 3.75. The fourth-order valence-corrected chi connectivity index (χ4v) is 2.02. The first-order valence-corrected chi connectivity index (χ1v) is 5.24. The van der Waals surface area contributed by atoms with Crippen molar-refractivity contribution in [3.8, 4) is 0 Å².